The first-order valence-corrected chi connectivity index (χ1v) is 5.36. The monoisotopic (exact) mass is 244 g/mol. The normalized spacial score (nSPS) is 9.65. The second kappa shape index (κ2) is 5.28. The zero-order chi connectivity index (χ0) is 12.1. The molecule has 1 aromatic heterocycles. The molecule has 0 saturated heterocycles. The number of hydrogen-bond acceptors (Lipinski definition) is 4. The minimum absolute atomic E-state index is 0.307. The summed E-state index contributed by atoms with van der Waals surface area (Å²) in [6, 6.07) is 9.46. The van der Waals surface area contributed by atoms with E-state index in [9.17, 15) is 0 Å². The molecule has 1 aromatic carbocycles. The van der Waals surface area contributed by atoms with E-state index < -0.39 is 0 Å². The molecule has 0 radical (unpaired) electrons. The van der Waals surface area contributed by atoms with E-state index in [4.69, 9.17) is 16.9 Å². The van der Waals surface area contributed by atoms with E-state index >= 15 is 0 Å². The zero-order valence-electron chi connectivity index (χ0n) is 8.89. The van der Waals surface area contributed by atoms with Crippen molar-refractivity contribution in [3.05, 3.63) is 52.9 Å². The van der Waals surface area contributed by atoms with Crippen LogP contribution in [-0.4, -0.2) is 9.97 Å². The standard InChI is InChI=1S/C12H9ClN4/c13-10-3-1-9(2-4-10)6-16-12-8-15-11(5-14)7-17-12/h1-4,7-8H,6H2,(H,16,17). The van der Waals surface area contributed by atoms with Gasteiger partial charge in [-0.1, -0.05) is 23.7 Å². The highest BCUT2D eigenvalue weighted by Gasteiger charge is 1.97. The molecule has 0 fully saturated rings. The molecule has 0 spiro atoms. The Bertz CT molecular complexity index is 528. The summed E-state index contributed by atoms with van der Waals surface area (Å²) in [4.78, 5) is 7.98. The van der Waals surface area contributed by atoms with Crippen LogP contribution in [0.4, 0.5) is 5.82 Å². The van der Waals surface area contributed by atoms with Crippen molar-refractivity contribution in [2.24, 2.45) is 0 Å². The summed E-state index contributed by atoms with van der Waals surface area (Å²) in [5, 5.41) is 12.4. The molecule has 0 bridgehead atoms. The first-order chi connectivity index (χ1) is 8.28. The van der Waals surface area contributed by atoms with Crippen molar-refractivity contribution in [2.75, 3.05) is 5.32 Å². The van der Waals surface area contributed by atoms with Gasteiger partial charge in [-0.15, -0.1) is 0 Å². The van der Waals surface area contributed by atoms with Gasteiger partial charge in [-0.05, 0) is 17.7 Å². The van der Waals surface area contributed by atoms with Crippen molar-refractivity contribution in [3.8, 4) is 6.07 Å². The first kappa shape index (κ1) is 11.4. The predicted octanol–water partition coefficient (Wildman–Crippen LogP) is 2.61. The molecule has 0 saturated carbocycles. The van der Waals surface area contributed by atoms with Crippen molar-refractivity contribution >= 4 is 17.4 Å². The molecule has 0 aliphatic heterocycles. The highest BCUT2D eigenvalue weighted by atomic mass is 35.5. The number of aromatic nitrogens is 2. The van der Waals surface area contributed by atoms with Crippen LogP contribution < -0.4 is 5.32 Å². The zero-order valence-corrected chi connectivity index (χ0v) is 9.65. The number of halogens is 1. The highest BCUT2D eigenvalue weighted by molar-refractivity contribution is 6.30. The van der Waals surface area contributed by atoms with Gasteiger partial charge in [-0.3, -0.25) is 0 Å². The lowest BCUT2D eigenvalue weighted by Crippen LogP contribution is -2.01. The minimum atomic E-state index is 0.307. The minimum Gasteiger partial charge on any atom is -0.365 e. The Balaban J connectivity index is 1.98. The van der Waals surface area contributed by atoms with Crippen molar-refractivity contribution in [1.29, 1.82) is 5.26 Å². The molecule has 0 aliphatic carbocycles. The molecular formula is C12H9ClN4. The summed E-state index contributed by atoms with van der Waals surface area (Å²) in [5.74, 6) is 0.638. The number of rotatable bonds is 3. The topological polar surface area (TPSA) is 61.6 Å². The van der Waals surface area contributed by atoms with Crippen molar-refractivity contribution < 1.29 is 0 Å². The van der Waals surface area contributed by atoms with Crippen molar-refractivity contribution in [2.45, 2.75) is 6.54 Å². The first-order valence-electron chi connectivity index (χ1n) is 4.98. The summed E-state index contributed by atoms with van der Waals surface area (Å²) in [5.41, 5.74) is 1.41. The van der Waals surface area contributed by atoms with Gasteiger partial charge in [0.25, 0.3) is 0 Å². The molecule has 4 nitrogen and oxygen atoms in total. The van der Waals surface area contributed by atoms with E-state index in [0.29, 0.717) is 23.1 Å². The van der Waals surface area contributed by atoms with E-state index in [1.807, 2.05) is 30.3 Å². The molecule has 1 heterocycles. The Morgan fingerprint density at radius 2 is 1.94 bits per heavy atom. The Morgan fingerprint density at radius 3 is 2.53 bits per heavy atom. The van der Waals surface area contributed by atoms with Gasteiger partial charge < -0.3 is 5.32 Å². The van der Waals surface area contributed by atoms with Crippen LogP contribution in [0.25, 0.3) is 0 Å². The lowest BCUT2D eigenvalue weighted by molar-refractivity contribution is 1.08. The molecular weight excluding hydrogens is 236 g/mol. The summed E-state index contributed by atoms with van der Waals surface area (Å²) in [7, 11) is 0. The Kier molecular flexibility index (Phi) is 3.53. The average Bonchev–Trinajstić information content (AvgIpc) is 2.39. The molecule has 2 rings (SSSR count). The number of nitrogens with zero attached hydrogens (tertiary/aromatic N) is 3. The van der Waals surface area contributed by atoms with Gasteiger partial charge in [0.1, 0.15) is 11.9 Å². The largest absolute Gasteiger partial charge is 0.365 e. The molecule has 0 aliphatic rings. The molecule has 0 unspecified atom stereocenters. The van der Waals surface area contributed by atoms with Crippen LogP contribution in [0.1, 0.15) is 11.3 Å². The van der Waals surface area contributed by atoms with Gasteiger partial charge in [0, 0.05) is 11.6 Å². The van der Waals surface area contributed by atoms with Gasteiger partial charge in [0.2, 0.25) is 0 Å². The van der Waals surface area contributed by atoms with E-state index in [1.165, 1.54) is 12.4 Å². The van der Waals surface area contributed by atoms with Crippen LogP contribution in [0, 0.1) is 11.3 Å². The Morgan fingerprint density at radius 1 is 1.18 bits per heavy atom. The highest BCUT2D eigenvalue weighted by Crippen LogP contribution is 2.10. The third kappa shape index (κ3) is 3.16. The molecule has 1 N–H and O–H groups in total. The fourth-order valence-corrected chi connectivity index (χ4v) is 1.40. The second-order valence-electron chi connectivity index (χ2n) is 3.38. The lowest BCUT2D eigenvalue weighted by atomic mass is 10.2. The summed E-state index contributed by atoms with van der Waals surface area (Å²) in [6.07, 6.45) is 2.97. The summed E-state index contributed by atoms with van der Waals surface area (Å²) in [6.45, 7) is 0.637. The maximum Gasteiger partial charge on any atom is 0.158 e. The maximum absolute atomic E-state index is 8.58. The number of nitriles is 1. The maximum atomic E-state index is 8.58. The summed E-state index contributed by atoms with van der Waals surface area (Å²) < 4.78 is 0. The van der Waals surface area contributed by atoms with Gasteiger partial charge in [-0.2, -0.15) is 5.26 Å². The van der Waals surface area contributed by atoms with Crippen LogP contribution in [0.3, 0.4) is 0 Å². The van der Waals surface area contributed by atoms with E-state index in [1.54, 1.807) is 0 Å². The predicted molar refractivity (Wildman–Crippen MR) is 65.5 cm³/mol. The molecule has 5 heteroatoms. The van der Waals surface area contributed by atoms with Crippen LogP contribution in [0.15, 0.2) is 36.7 Å². The van der Waals surface area contributed by atoms with Crippen LogP contribution >= 0.6 is 11.6 Å². The van der Waals surface area contributed by atoms with Gasteiger partial charge in [0.15, 0.2) is 5.69 Å². The second-order valence-corrected chi connectivity index (χ2v) is 3.82. The average molecular weight is 245 g/mol. The smallest absolute Gasteiger partial charge is 0.158 e. The molecule has 0 amide bonds. The quantitative estimate of drug-likeness (QED) is 0.902. The lowest BCUT2D eigenvalue weighted by Gasteiger charge is -2.04. The fraction of sp³-hybridized carbons (Fsp3) is 0.0833. The van der Waals surface area contributed by atoms with Crippen molar-refractivity contribution in [3.63, 3.8) is 0 Å². The number of hydrogen-bond donors (Lipinski definition) is 1. The molecule has 2 aromatic rings. The van der Waals surface area contributed by atoms with E-state index in [-0.39, 0.29) is 0 Å². The SMILES string of the molecule is N#Cc1cnc(NCc2ccc(Cl)cc2)cn1. The third-order valence-corrected chi connectivity index (χ3v) is 2.41. The van der Waals surface area contributed by atoms with E-state index in [2.05, 4.69) is 15.3 Å². The number of nitrogens with one attached hydrogen (secondary N) is 1. The van der Waals surface area contributed by atoms with Gasteiger partial charge in [-0.25, -0.2) is 9.97 Å². The van der Waals surface area contributed by atoms with Gasteiger partial charge >= 0.3 is 0 Å². The van der Waals surface area contributed by atoms with Crippen LogP contribution in [-0.2, 0) is 6.54 Å². The number of anilines is 1. The Hall–Kier alpha value is -2.12. The van der Waals surface area contributed by atoms with Crippen LogP contribution in [0.2, 0.25) is 5.02 Å². The van der Waals surface area contributed by atoms with Crippen LogP contribution in [0.5, 0.6) is 0 Å². The van der Waals surface area contributed by atoms with Gasteiger partial charge in [0.05, 0.1) is 12.4 Å². The van der Waals surface area contributed by atoms with Crippen molar-refractivity contribution in [1.82, 2.24) is 9.97 Å². The molecule has 0 atom stereocenters. The summed E-state index contributed by atoms with van der Waals surface area (Å²) >= 11 is 5.79. The van der Waals surface area contributed by atoms with E-state index in [0.717, 1.165) is 5.56 Å². The molecule has 17 heavy (non-hydrogen) atoms. The fourth-order valence-electron chi connectivity index (χ4n) is 1.27. The number of benzene rings is 1. The molecule has 84 valence electrons. The Labute approximate surface area is 104 Å². The third-order valence-electron chi connectivity index (χ3n) is 2.15.